The molecule has 19 heavy (non-hydrogen) atoms. The molecule has 1 aromatic carbocycles. The number of hydrogen-bond donors (Lipinski definition) is 1. The van der Waals surface area contributed by atoms with Crippen LogP contribution in [0.1, 0.15) is 16.8 Å². The molecule has 1 aromatic rings. The lowest BCUT2D eigenvalue weighted by Crippen LogP contribution is -2.51. The van der Waals surface area contributed by atoms with Crippen molar-refractivity contribution < 1.29 is 9.53 Å². The van der Waals surface area contributed by atoms with Crippen LogP contribution in [-0.2, 0) is 4.74 Å². The summed E-state index contributed by atoms with van der Waals surface area (Å²) in [5, 5.41) is 12.2. The van der Waals surface area contributed by atoms with Gasteiger partial charge in [0.15, 0.2) is 0 Å². The minimum absolute atomic E-state index is 0.0876. The number of nitriles is 1. The van der Waals surface area contributed by atoms with Crippen LogP contribution < -0.4 is 10.2 Å². The van der Waals surface area contributed by atoms with Crippen molar-refractivity contribution in [2.45, 2.75) is 12.5 Å². The van der Waals surface area contributed by atoms with Gasteiger partial charge in [-0.05, 0) is 12.1 Å². The van der Waals surface area contributed by atoms with Crippen LogP contribution in [-0.4, -0.2) is 38.8 Å². The Labute approximate surface area is 112 Å². The molecule has 0 aliphatic carbocycles. The summed E-state index contributed by atoms with van der Waals surface area (Å²) in [6.07, 6.45) is 0.433. The summed E-state index contributed by atoms with van der Waals surface area (Å²) in [5.41, 5.74) is 1.39. The molecular formula is C14H17N3O2. The van der Waals surface area contributed by atoms with Crippen LogP contribution in [0.3, 0.4) is 0 Å². The number of piperazine rings is 1. The molecule has 1 aliphatic rings. The molecule has 1 unspecified atom stereocenters. The molecular weight excluding hydrogens is 242 g/mol. The number of benzene rings is 1. The average Bonchev–Trinajstić information content (AvgIpc) is 2.47. The number of carbonyl (C=O) groups excluding carboxylic acids is 1. The molecule has 5 nitrogen and oxygen atoms in total. The molecule has 1 N–H and O–H groups in total. The van der Waals surface area contributed by atoms with Crippen molar-refractivity contribution in [3.8, 4) is 6.07 Å². The zero-order valence-corrected chi connectivity index (χ0v) is 10.9. The second-order valence-corrected chi connectivity index (χ2v) is 4.42. The smallest absolute Gasteiger partial charge is 0.339 e. The maximum Gasteiger partial charge on any atom is 0.339 e. The summed E-state index contributed by atoms with van der Waals surface area (Å²) >= 11 is 0. The van der Waals surface area contributed by atoms with Gasteiger partial charge in [-0.3, -0.25) is 0 Å². The van der Waals surface area contributed by atoms with Gasteiger partial charge in [-0.2, -0.15) is 5.26 Å². The van der Waals surface area contributed by atoms with Crippen molar-refractivity contribution in [3.63, 3.8) is 0 Å². The molecule has 1 saturated heterocycles. The lowest BCUT2D eigenvalue weighted by atomic mass is 10.1. The number of hydrogen-bond acceptors (Lipinski definition) is 5. The van der Waals surface area contributed by atoms with E-state index in [-0.39, 0.29) is 12.0 Å². The summed E-state index contributed by atoms with van der Waals surface area (Å²) in [6, 6.07) is 9.66. The zero-order valence-electron chi connectivity index (χ0n) is 10.9. The van der Waals surface area contributed by atoms with Crippen molar-refractivity contribution in [1.82, 2.24) is 5.32 Å². The molecule has 0 saturated carbocycles. The van der Waals surface area contributed by atoms with E-state index in [0.717, 1.165) is 25.3 Å². The molecule has 1 heterocycles. The van der Waals surface area contributed by atoms with Crippen LogP contribution in [0.25, 0.3) is 0 Å². The topological polar surface area (TPSA) is 65.4 Å². The monoisotopic (exact) mass is 259 g/mol. The van der Waals surface area contributed by atoms with Crippen LogP contribution in [0.5, 0.6) is 0 Å². The molecule has 0 aromatic heterocycles. The van der Waals surface area contributed by atoms with E-state index in [0.29, 0.717) is 12.0 Å². The average molecular weight is 259 g/mol. The lowest BCUT2D eigenvalue weighted by Gasteiger charge is -2.37. The Morgan fingerprint density at radius 2 is 2.37 bits per heavy atom. The molecule has 0 bridgehead atoms. The maximum atomic E-state index is 11.8. The van der Waals surface area contributed by atoms with Crippen LogP contribution in [0.15, 0.2) is 24.3 Å². The third-order valence-electron chi connectivity index (χ3n) is 3.30. The predicted molar refractivity (Wildman–Crippen MR) is 72.0 cm³/mol. The SMILES string of the molecule is COC(=O)c1ccccc1N1CCNCC1CC#N. The number of anilines is 1. The Morgan fingerprint density at radius 3 is 3.11 bits per heavy atom. The molecule has 0 radical (unpaired) electrons. The highest BCUT2D eigenvalue weighted by Crippen LogP contribution is 2.25. The van der Waals surface area contributed by atoms with E-state index in [1.165, 1.54) is 7.11 Å². The standard InChI is InChI=1S/C14H17N3O2/c1-19-14(18)12-4-2-3-5-13(12)17-9-8-16-10-11(17)6-7-15/h2-5,11,16H,6,8-10H2,1H3. The quantitative estimate of drug-likeness (QED) is 0.825. The van der Waals surface area contributed by atoms with Crippen LogP contribution in [0.2, 0.25) is 0 Å². The molecule has 5 heteroatoms. The van der Waals surface area contributed by atoms with Gasteiger partial charge in [-0.25, -0.2) is 4.79 Å². The lowest BCUT2D eigenvalue weighted by molar-refractivity contribution is 0.0601. The third kappa shape index (κ3) is 2.85. The van der Waals surface area contributed by atoms with Crippen molar-refractivity contribution in [2.75, 3.05) is 31.6 Å². The molecule has 0 spiro atoms. The Morgan fingerprint density at radius 1 is 1.58 bits per heavy atom. The summed E-state index contributed by atoms with van der Waals surface area (Å²) < 4.78 is 4.82. The molecule has 1 atom stereocenters. The highest BCUT2D eigenvalue weighted by molar-refractivity contribution is 5.95. The van der Waals surface area contributed by atoms with Crippen molar-refractivity contribution in [3.05, 3.63) is 29.8 Å². The van der Waals surface area contributed by atoms with E-state index >= 15 is 0 Å². The molecule has 0 amide bonds. The first-order valence-electron chi connectivity index (χ1n) is 6.29. The third-order valence-corrected chi connectivity index (χ3v) is 3.30. The number of methoxy groups -OCH3 is 1. The van der Waals surface area contributed by atoms with Crippen molar-refractivity contribution in [2.24, 2.45) is 0 Å². The van der Waals surface area contributed by atoms with Gasteiger partial charge in [0.1, 0.15) is 0 Å². The fourth-order valence-corrected chi connectivity index (χ4v) is 2.37. The Balaban J connectivity index is 2.33. The zero-order chi connectivity index (χ0) is 13.7. The van der Waals surface area contributed by atoms with Crippen molar-refractivity contribution >= 4 is 11.7 Å². The van der Waals surface area contributed by atoms with Crippen molar-refractivity contribution in [1.29, 1.82) is 5.26 Å². The Bertz CT molecular complexity index is 496. The van der Waals surface area contributed by atoms with E-state index in [4.69, 9.17) is 10.00 Å². The summed E-state index contributed by atoms with van der Waals surface area (Å²) in [6.45, 7) is 2.38. The summed E-state index contributed by atoms with van der Waals surface area (Å²) in [5.74, 6) is -0.343. The van der Waals surface area contributed by atoms with Crippen LogP contribution in [0, 0.1) is 11.3 Å². The normalized spacial score (nSPS) is 18.7. The highest BCUT2D eigenvalue weighted by atomic mass is 16.5. The summed E-state index contributed by atoms with van der Waals surface area (Å²) in [4.78, 5) is 13.9. The molecule has 1 fully saturated rings. The maximum absolute atomic E-state index is 11.8. The first-order valence-corrected chi connectivity index (χ1v) is 6.29. The van der Waals surface area contributed by atoms with Gasteiger partial charge < -0.3 is 15.0 Å². The fourth-order valence-electron chi connectivity index (χ4n) is 2.37. The van der Waals surface area contributed by atoms with Gasteiger partial charge in [0.25, 0.3) is 0 Å². The molecule has 1 aliphatic heterocycles. The second-order valence-electron chi connectivity index (χ2n) is 4.42. The van der Waals surface area contributed by atoms with E-state index < -0.39 is 0 Å². The number of nitrogens with zero attached hydrogens (tertiary/aromatic N) is 2. The number of nitrogens with one attached hydrogen (secondary N) is 1. The number of esters is 1. The van der Waals surface area contributed by atoms with Crippen LogP contribution >= 0.6 is 0 Å². The largest absolute Gasteiger partial charge is 0.465 e. The summed E-state index contributed by atoms with van der Waals surface area (Å²) in [7, 11) is 1.38. The van der Waals surface area contributed by atoms with Gasteiger partial charge in [0.2, 0.25) is 0 Å². The Kier molecular flexibility index (Phi) is 4.37. The fraction of sp³-hybridized carbons (Fsp3) is 0.429. The van der Waals surface area contributed by atoms with E-state index in [9.17, 15) is 4.79 Å². The number of para-hydroxylation sites is 1. The van der Waals surface area contributed by atoms with Gasteiger partial charge in [0, 0.05) is 19.6 Å². The number of ether oxygens (including phenoxy) is 1. The molecule has 100 valence electrons. The highest BCUT2D eigenvalue weighted by Gasteiger charge is 2.25. The number of carbonyl (C=O) groups is 1. The van der Waals surface area contributed by atoms with Gasteiger partial charge >= 0.3 is 5.97 Å². The van der Waals surface area contributed by atoms with Gasteiger partial charge in [-0.15, -0.1) is 0 Å². The minimum atomic E-state index is -0.343. The van der Waals surface area contributed by atoms with E-state index in [2.05, 4.69) is 16.3 Å². The minimum Gasteiger partial charge on any atom is -0.465 e. The Hall–Kier alpha value is -2.06. The second kappa shape index (κ2) is 6.21. The van der Waals surface area contributed by atoms with Gasteiger partial charge in [0.05, 0.1) is 36.9 Å². The van der Waals surface area contributed by atoms with Gasteiger partial charge in [-0.1, -0.05) is 12.1 Å². The first kappa shape index (κ1) is 13.4. The van der Waals surface area contributed by atoms with Crippen LogP contribution in [0.4, 0.5) is 5.69 Å². The van der Waals surface area contributed by atoms with E-state index in [1.54, 1.807) is 6.07 Å². The molecule has 2 rings (SSSR count). The first-order chi connectivity index (χ1) is 9.27. The number of rotatable bonds is 3. The predicted octanol–water partition coefficient (Wildman–Crippen LogP) is 1.17. The van der Waals surface area contributed by atoms with E-state index in [1.807, 2.05) is 18.2 Å².